The van der Waals surface area contributed by atoms with Crippen LogP contribution in [0.25, 0.3) is 0 Å². The van der Waals surface area contributed by atoms with Gasteiger partial charge >= 0.3 is 0 Å². The van der Waals surface area contributed by atoms with Crippen molar-refractivity contribution in [3.05, 3.63) is 59.4 Å². The molecule has 0 saturated heterocycles. The molecule has 0 aliphatic carbocycles. The van der Waals surface area contributed by atoms with Gasteiger partial charge in [0.25, 0.3) is 5.91 Å². The summed E-state index contributed by atoms with van der Waals surface area (Å²) >= 11 is 0. The lowest BCUT2D eigenvalue weighted by Gasteiger charge is -2.07. The molecule has 0 fully saturated rings. The van der Waals surface area contributed by atoms with Crippen molar-refractivity contribution in [2.24, 2.45) is 5.16 Å². The van der Waals surface area contributed by atoms with Crippen molar-refractivity contribution in [1.29, 1.82) is 0 Å². The molecule has 0 unspecified atom stereocenters. The van der Waals surface area contributed by atoms with Gasteiger partial charge in [0.1, 0.15) is 17.3 Å². The molecule has 2 aromatic rings. The highest BCUT2D eigenvalue weighted by Gasteiger charge is 2.04. The van der Waals surface area contributed by atoms with E-state index in [0.29, 0.717) is 17.1 Å². The van der Waals surface area contributed by atoms with E-state index in [0.717, 1.165) is 5.56 Å². The summed E-state index contributed by atoms with van der Waals surface area (Å²) in [5.41, 5.74) is 1.45. The summed E-state index contributed by atoms with van der Waals surface area (Å²) in [5.74, 6) is 0.605. The molecule has 0 radical (unpaired) electrons. The van der Waals surface area contributed by atoms with Gasteiger partial charge in [-0.1, -0.05) is 17.3 Å². The summed E-state index contributed by atoms with van der Waals surface area (Å²) in [7, 11) is 3.10. The van der Waals surface area contributed by atoms with Crippen molar-refractivity contribution in [2.75, 3.05) is 20.8 Å². The summed E-state index contributed by atoms with van der Waals surface area (Å²) < 4.78 is 23.1. The first-order valence-corrected chi connectivity index (χ1v) is 7.51. The van der Waals surface area contributed by atoms with E-state index in [9.17, 15) is 9.18 Å². The van der Waals surface area contributed by atoms with Crippen molar-refractivity contribution in [3.8, 4) is 11.5 Å². The minimum Gasteiger partial charge on any atom is -0.497 e. The molecule has 0 bridgehead atoms. The van der Waals surface area contributed by atoms with Gasteiger partial charge in [0, 0.05) is 12.1 Å². The Labute approximate surface area is 145 Å². The fraction of sp³-hybridized carbons (Fsp3) is 0.222. The van der Waals surface area contributed by atoms with Gasteiger partial charge in [0.05, 0.1) is 20.4 Å². The molecule has 0 atom stereocenters. The van der Waals surface area contributed by atoms with E-state index in [4.69, 9.17) is 14.3 Å². The number of benzene rings is 2. The quantitative estimate of drug-likeness (QED) is 0.589. The number of methoxy groups -OCH3 is 2. The normalized spacial score (nSPS) is 10.5. The number of carbonyl (C=O) groups is 1. The van der Waals surface area contributed by atoms with Crippen LogP contribution in [-0.4, -0.2) is 32.9 Å². The first-order valence-electron chi connectivity index (χ1n) is 7.51. The van der Waals surface area contributed by atoms with Crippen LogP contribution in [0.3, 0.4) is 0 Å². The fourth-order valence-corrected chi connectivity index (χ4v) is 1.98. The average molecular weight is 346 g/mol. The largest absolute Gasteiger partial charge is 0.497 e. The third kappa shape index (κ3) is 5.80. The Balaban J connectivity index is 1.80. The van der Waals surface area contributed by atoms with E-state index >= 15 is 0 Å². The molecule has 132 valence electrons. The van der Waals surface area contributed by atoms with Gasteiger partial charge in [-0.05, 0) is 35.9 Å². The summed E-state index contributed by atoms with van der Waals surface area (Å²) in [4.78, 5) is 16.7. The lowest BCUT2D eigenvalue weighted by Crippen LogP contribution is -2.26. The average Bonchev–Trinajstić information content (AvgIpc) is 2.64. The van der Waals surface area contributed by atoms with Crippen LogP contribution in [0.4, 0.5) is 4.39 Å². The van der Waals surface area contributed by atoms with E-state index in [1.807, 2.05) is 0 Å². The van der Waals surface area contributed by atoms with Crippen LogP contribution in [0, 0.1) is 5.82 Å². The second-order valence-corrected chi connectivity index (χ2v) is 5.02. The molecular formula is C18H19FN2O4. The number of halogens is 1. The first kappa shape index (κ1) is 18.3. The summed E-state index contributed by atoms with van der Waals surface area (Å²) in [6.45, 7) is 0.0554. The molecule has 1 N–H and O–H groups in total. The van der Waals surface area contributed by atoms with Crippen LogP contribution in [0.15, 0.2) is 47.6 Å². The molecule has 7 heteroatoms. The number of ether oxygens (including phenoxy) is 2. The number of amides is 1. The maximum absolute atomic E-state index is 12.8. The van der Waals surface area contributed by atoms with Crippen molar-refractivity contribution >= 4 is 12.1 Å². The standard InChI is InChI=1S/C18H19FN2O4/c1-23-16-7-8-17(24-2)14(9-16)11-21-25-12-18(22)20-10-13-3-5-15(19)6-4-13/h3-9,11H,10,12H2,1-2H3,(H,20,22)/b21-11+. The molecule has 6 nitrogen and oxygen atoms in total. The third-order valence-electron chi connectivity index (χ3n) is 3.30. The van der Waals surface area contributed by atoms with E-state index in [1.165, 1.54) is 18.3 Å². The van der Waals surface area contributed by atoms with Crippen LogP contribution in [-0.2, 0) is 16.2 Å². The predicted octanol–water partition coefficient (Wildman–Crippen LogP) is 2.51. The van der Waals surface area contributed by atoms with Gasteiger partial charge in [0.2, 0.25) is 0 Å². The van der Waals surface area contributed by atoms with Crippen molar-refractivity contribution in [1.82, 2.24) is 5.32 Å². The van der Waals surface area contributed by atoms with E-state index in [1.54, 1.807) is 44.6 Å². The SMILES string of the molecule is COc1ccc(OC)c(/C=N/OCC(=O)NCc2ccc(F)cc2)c1. The topological polar surface area (TPSA) is 69.1 Å². The third-order valence-corrected chi connectivity index (χ3v) is 3.30. The Morgan fingerprint density at radius 2 is 1.92 bits per heavy atom. The highest BCUT2D eigenvalue weighted by Crippen LogP contribution is 2.22. The van der Waals surface area contributed by atoms with Gasteiger partial charge in [-0.2, -0.15) is 0 Å². The molecule has 25 heavy (non-hydrogen) atoms. The van der Waals surface area contributed by atoms with Gasteiger partial charge in [-0.15, -0.1) is 0 Å². The Kier molecular flexibility index (Phi) is 6.76. The number of carbonyl (C=O) groups excluding carboxylic acids is 1. The predicted molar refractivity (Wildman–Crippen MR) is 91.3 cm³/mol. The lowest BCUT2D eigenvalue weighted by molar-refractivity contribution is -0.125. The molecule has 0 spiro atoms. The van der Waals surface area contributed by atoms with Gasteiger partial charge in [0.15, 0.2) is 6.61 Å². The van der Waals surface area contributed by atoms with E-state index in [2.05, 4.69) is 10.5 Å². The lowest BCUT2D eigenvalue weighted by atomic mass is 10.2. The second-order valence-electron chi connectivity index (χ2n) is 5.02. The minimum absolute atomic E-state index is 0.232. The summed E-state index contributed by atoms with van der Waals surface area (Å²) in [6.07, 6.45) is 1.44. The van der Waals surface area contributed by atoms with E-state index < -0.39 is 0 Å². The van der Waals surface area contributed by atoms with Crippen molar-refractivity contribution in [2.45, 2.75) is 6.54 Å². The number of hydrogen-bond donors (Lipinski definition) is 1. The number of rotatable bonds is 8. The smallest absolute Gasteiger partial charge is 0.261 e. The molecule has 1 amide bonds. The number of nitrogens with zero attached hydrogens (tertiary/aromatic N) is 1. The molecule has 2 rings (SSSR count). The zero-order valence-corrected chi connectivity index (χ0v) is 14.0. The fourth-order valence-electron chi connectivity index (χ4n) is 1.98. The van der Waals surface area contributed by atoms with Crippen LogP contribution in [0.5, 0.6) is 11.5 Å². The zero-order chi connectivity index (χ0) is 18.1. The van der Waals surface area contributed by atoms with Gasteiger partial charge in [-0.25, -0.2) is 4.39 Å². The number of hydrogen-bond acceptors (Lipinski definition) is 5. The molecule has 0 aromatic heterocycles. The Morgan fingerprint density at radius 1 is 1.16 bits per heavy atom. The van der Waals surface area contributed by atoms with E-state index in [-0.39, 0.29) is 24.9 Å². The van der Waals surface area contributed by atoms with Crippen LogP contribution in [0.1, 0.15) is 11.1 Å². The maximum Gasteiger partial charge on any atom is 0.261 e. The minimum atomic E-state index is -0.334. The van der Waals surface area contributed by atoms with Gasteiger partial charge < -0.3 is 19.6 Å². The number of oxime groups is 1. The highest BCUT2D eigenvalue weighted by molar-refractivity contribution is 5.84. The molecule has 0 saturated carbocycles. The maximum atomic E-state index is 12.8. The number of nitrogens with one attached hydrogen (secondary N) is 1. The molecule has 0 aliphatic rings. The van der Waals surface area contributed by atoms with Crippen molar-refractivity contribution < 1.29 is 23.5 Å². The molecule has 0 aliphatic heterocycles. The summed E-state index contributed by atoms with van der Waals surface area (Å²) in [6, 6.07) is 11.1. The van der Waals surface area contributed by atoms with Crippen LogP contribution < -0.4 is 14.8 Å². The van der Waals surface area contributed by atoms with Crippen LogP contribution >= 0.6 is 0 Å². The first-order chi connectivity index (χ1) is 12.1. The Morgan fingerprint density at radius 3 is 2.60 bits per heavy atom. The summed E-state index contributed by atoms with van der Waals surface area (Å²) in [5, 5.41) is 6.41. The van der Waals surface area contributed by atoms with Crippen molar-refractivity contribution in [3.63, 3.8) is 0 Å². The molecule has 2 aromatic carbocycles. The highest BCUT2D eigenvalue weighted by atomic mass is 19.1. The Hall–Kier alpha value is -3.09. The molecular weight excluding hydrogens is 327 g/mol. The zero-order valence-electron chi connectivity index (χ0n) is 14.0. The molecule has 0 heterocycles. The van der Waals surface area contributed by atoms with Gasteiger partial charge in [-0.3, -0.25) is 4.79 Å². The van der Waals surface area contributed by atoms with Crippen LogP contribution in [0.2, 0.25) is 0 Å². The monoisotopic (exact) mass is 346 g/mol. The second kappa shape index (κ2) is 9.27. The Bertz CT molecular complexity index is 732.